The second kappa shape index (κ2) is 9.47. The summed E-state index contributed by atoms with van der Waals surface area (Å²) in [6.45, 7) is 1.08. The number of aromatic carboxylic acids is 1. The number of para-hydroxylation sites is 1. The lowest BCUT2D eigenvalue weighted by Gasteiger charge is -2.12. The van der Waals surface area contributed by atoms with E-state index in [9.17, 15) is 9.90 Å². The Morgan fingerprint density at radius 3 is 2.45 bits per heavy atom. The number of furan rings is 1. The smallest absolute Gasteiger partial charge is 0.335 e. The van der Waals surface area contributed by atoms with Crippen LogP contribution in [0.2, 0.25) is 0 Å². The highest BCUT2D eigenvalue weighted by atomic mass is 16.5. The van der Waals surface area contributed by atoms with Gasteiger partial charge in [-0.15, -0.1) is 0 Å². The summed E-state index contributed by atoms with van der Waals surface area (Å²) < 4.78 is 11.4. The van der Waals surface area contributed by atoms with Crippen molar-refractivity contribution in [3.05, 3.63) is 90.2 Å². The molecule has 0 fully saturated rings. The van der Waals surface area contributed by atoms with E-state index >= 15 is 0 Å². The van der Waals surface area contributed by atoms with E-state index in [-0.39, 0.29) is 12.2 Å². The second-order valence-corrected chi connectivity index (χ2v) is 7.26. The molecule has 6 heteroatoms. The Morgan fingerprint density at radius 2 is 1.71 bits per heavy atom. The van der Waals surface area contributed by atoms with Crippen LogP contribution in [0.25, 0.3) is 22.1 Å². The zero-order valence-corrected chi connectivity index (χ0v) is 16.8. The van der Waals surface area contributed by atoms with Gasteiger partial charge in [0.15, 0.2) is 0 Å². The normalized spacial score (nSPS) is 12.0. The van der Waals surface area contributed by atoms with Crippen LogP contribution in [0.5, 0.6) is 5.75 Å². The quantitative estimate of drug-likeness (QED) is 0.376. The molecule has 3 N–H and O–H groups in total. The molecule has 4 aromatic rings. The number of nitrogens with one attached hydrogen (secondary N) is 1. The third-order valence-corrected chi connectivity index (χ3v) is 4.90. The number of hydrogen-bond acceptors (Lipinski definition) is 5. The zero-order valence-electron chi connectivity index (χ0n) is 16.8. The Kier molecular flexibility index (Phi) is 6.31. The van der Waals surface area contributed by atoms with Crippen LogP contribution >= 0.6 is 0 Å². The van der Waals surface area contributed by atoms with Gasteiger partial charge in [-0.1, -0.05) is 36.4 Å². The monoisotopic (exact) mass is 417 g/mol. The Bertz CT molecular complexity index is 1150. The molecular formula is C25H23NO5. The number of hydrogen-bond donors (Lipinski definition) is 3. The summed E-state index contributed by atoms with van der Waals surface area (Å²) in [4.78, 5) is 11.0. The summed E-state index contributed by atoms with van der Waals surface area (Å²) in [5.74, 6) is 0.558. The first kappa shape index (κ1) is 20.7. The number of aliphatic hydroxyl groups is 1. The van der Waals surface area contributed by atoms with Crippen molar-refractivity contribution in [1.82, 2.24) is 5.32 Å². The van der Waals surface area contributed by atoms with E-state index in [1.165, 1.54) is 0 Å². The molecule has 4 rings (SSSR count). The SMILES string of the molecule is O=C(O)c1ccc(-c2ccc3oc(CNC[C@H](O)COc4ccccc4)cc3c2)cc1. The molecule has 0 saturated carbocycles. The molecule has 3 aromatic carbocycles. The molecule has 0 amide bonds. The van der Waals surface area contributed by atoms with Gasteiger partial charge in [-0.3, -0.25) is 0 Å². The standard InChI is InChI=1S/C25H23NO5/c27-21(16-30-22-4-2-1-3-5-22)14-26-15-23-13-20-12-19(10-11-24(20)31-23)17-6-8-18(9-7-17)25(28)29/h1-13,21,26-27H,14-16H2,(H,28,29)/t21-/m0/s1. The molecule has 0 unspecified atom stereocenters. The molecule has 6 nitrogen and oxygen atoms in total. The van der Waals surface area contributed by atoms with Crippen LogP contribution in [-0.4, -0.2) is 35.4 Å². The van der Waals surface area contributed by atoms with Crippen LogP contribution in [0.4, 0.5) is 0 Å². The van der Waals surface area contributed by atoms with Crippen molar-refractivity contribution in [2.24, 2.45) is 0 Å². The van der Waals surface area contributed by atoms with Gasteiger partial charge < -0.3 is 24.7 Å². The van der Waals surface area contributed by atoms with Gasteiger partial charge in [0.05, 0.1) is 12.1 Å². The number of benzene rings is 3. The summed E-state index contributed by atoms with van der Waals surface area (Å²) in [6.07, 6.45) is -0.634. The summed E-state index contributed by atoms with van der Waals surface area (Å²) in [5, 5.41) is 23.3. The van der Waals surface area contributed by atoms with E-state index in [0.29, 0.717) is 13.1 Å². The zero-order chi connectivity index (χ0) is 21.6. The third-order valence-electron chi connectivity index (χ3n) is 4.90. The lowest BCUT2D eigenvalue weighted by Crippen LogP contribution is -2.31. The van der Waals surface area contributed by atoms with Gasteiger partial charge in [0, 0.05) is 11.9 Å². The molecule has 1 aromatic heterocycles. The fourth-order valence-corrected chi connectivity index (χ4v) is 3.30. The molecular weight excluding hydrogens is 394 g/mol. The Balaban J connectivity index is 1.33. The van der Waals surface area contributed by atoms with Crippen LogP contribution in [0.15, 0.2) is 83.3 Å². The van der Waals surface area contributed by atoms with Crippen molar-refractivity contribution in [3.63, 3.8) is 0 Å². The lowest BCUT2D eigenvalue weighted by molar-refractivity contribution is 0.0697. The van der Waals surface area contributed by atoms with Crippen LogP contribution in [-0.2, 0) is 6.54 Å². The topological polar surface area (TPSA) is 91.9 Å². The van der Waals surface area contributed by atoms with Crippen LogP contribution in [0.1, 0.15) is 16.1 Å². The van der Waals surface area contributed by atoms with E-state index in [1.807, 2.05) is 54.6 Å². The number of carboxylic acid groups (broad SMARTS) is 1. The highest BCUT2D eigenvalue weighted by Crippen LogP contribution is 2.27. The van der Waals surface area contributed by atoms with Crippen molar-refractivity contribution in [3.8, 4) is 16.9 Å². The molecule has 1 atom stereocenters. The summed E-state index contributed by atoms with van der Waals surface area (Å²) in [7, 11) is 0. The van der Waals surface area contributed by atoms with Gasteiger partial charge in [-0.2, -0.15) is 0 Å². The number of rotatable bonds is 9. The van der Waals surface area contributed by atoms with Crippen molar-refractivity contribution in [1.29, 1.82) is 0 Å². The first-order valence-electron chi connectivity index (χ1n) is 10.0. The highest BCUT2D eigenvalue weighted by Gasteiger charge is 2.09. The van der Waals surface area contributed by atoms with Crippen molar-refractivity contribution < 1.29 is 24.2 Å². The summed E-state index contributed by atoms with van der Waals surface area (Å²) in [5.41, 5.74) is 2.96. The first-order chi connectivity index (χ1) is 15.1. The average molecular weight is 417 g/mol. The number of ether oxygens (including phenoxy) is 1. The first-order valence-corrected chi connectivity index (χ1v) is 10.0. The second-order valence-electron chi connectivity index (χ2n) is 7.26. The Hall–Kier alpha value is -3.61. The average Bonchev–Trinajstić information content (AvgIpc) is 3.20. The van der Waals surface area contributed by atoms with E-state index in [0.717, 1.165) is 33.6 Å². The molecule has 0 bridgehead atoms. The van der Waals surface area contributed by atoms with Crippen molar-refractivity contribution in [2.75, 3.05) is 13.2 Å². The molecule has 0 aliphatic heterocycles. The van der Waals surface area contributed by atoms with Gasteiger partial charge >= 0.3 is 5.97 Å². The van der Waals surface area contributed by atoms with Gasteiger partial charge in [-0.05, 0) is 53.6 Å². The maximum Gasteiger partial charge on any atom is 0.335 e. The number of carbonyl (C=O) groups is 1. The van der Waals surface area contributed by atoms with E-state index in [4.69, 9.17) is 14.3 Å². The molecule has 0 spiro atoms. The predicted molar refractivity (Wildman–Crippen MR) is 118 cm³/mol. The predicted octanol–water partition coefficient (Wildman–Crippen LogP) is 4.33. The number of aliphatic hydroxyl groups excluding tert-OH is 1. The number of fused-ring (bicyclic) bond motifs is 1. The fraction of sp³-hybridized carbons (Fsp3) is 0.160. The largest absolute Gasteiger partial charge is 0.491 e. The molecule has 158 valence electrons. The van der Waals surface area contributed by atoms with Gasteiger partial charge in [0.25, 0.3) is 0 Å². The fourth-order valence-electron chi connectivity index (χ4n) is 3.30. The molecule has 1 heterocycles. The molecule has 0 aliphatic rings. The van der Waals surface area contributed by atoms with E-state index < -0.39 is 12.1 Å². The lowest BCUT2D eigenvalue weighted by atomic mass is 10.0. The van der Waals surface area contributed by atoms with Crippen LogP contribution in [0, 0.1) is 0 Å². The van der Waals surface area contributed by atoms with E-state index in [2.05, 4.69) is 5.32 Å². The van der Waals surface area contributed by atoms with Gasteiger partial charge in [0.2, 0.25) is 0 Å². The highest BCUT2D eigenvalue weighted by molar-refractivity contribution is 5.89. The maximum absolute atomic E-state index is 11.0. The van der Waals surface area contributed by atoms with E-state index in [1.54, 1.807) is 24.3 Å². The Morgan fingerprint density at radius 1 is 0.968 bits per heavy atom. The summed E-state index contributed by atoms with van der Waals surface area (Å²) >= 11 is 0. The van der Waals surface area contributed by atoms with Gasteiger partial charge in [0.1, 0.15) is 29.8 Å². The van der Waals surface area contributed by atoms with Gasteiger partial charge in [-0.25, -0.2) is 4.79 Å². The molecule has 0 aliphatic carbocycles. The van der Waals surface area contributed by atoms with Crippen LogP contribution in [0.3, 0.4) is 0 Å². The summed E-state index contributed by atoms with van der Waals surface area (Å²) in [6, 6.07) is 24.0. The number of carboxylic acids is 1. The Labute approximate surface area is 179 Å². The minimum atomic E-state index is -0.939. The van der Waals surface area contributed by atoms with Crippen molar-refractivity contribution in [2.45, 2.75) is 12.6 Å². The maximum atomic E-state index is 11.0. The minimum absolute atomic E-state index is 0.209. The third kappa shape index (κ3) is 5.31. The molecule has 0 saturated heterocycles. The van der Waals surface area contributed by atoms with Crippen molar-refractivity contribution >= 4 is 16.9 Å². The molecule has 31 heavy (non-hydrogen) atoms. The minimum Gasteiger partial charge on any atom is -0.491 e. The molecule has 0 radical (unpaired) electrons. The van der Waals surface area contributed by atoms with Crippen LogP contribution < -0.4 is 10.1 Å².